The molecule has 0 saturated heterocycles. The molecule has 0 aliphatic rings. The second kappa shape index (κ2) is 6.56. The normalized spacial score (nSPS) is 11.8. The quantitative estimate of drug-likeness (QED) is 0.294. The van der Waals surface area contributed by atoms with Gasteiger partial charge in [-0.1, -0.05) is 54.6 Å². The Morgan fingerprint density at radius 2 is 0.875 bits per heavy atom. The number of pyridine rings is 1. The second-order valence-corrected chi connectivity index (χ2v) is 8.13. The van der Waals surface area contributed by atoms with E-state index in [1.165, 1.54) is 49.3 Å². The summed E-state index contributed by atoms with van der Waals surface area (Å²) in [5.41, 5.74) is 7.16. The molecule has 0 atom stereocenters. The van der Waals surface area contributed by atoms with Gasteiger partial charge in [-0.05, 0) is 48.5 Å². The number of para-hydroxylation sites is 3. The molecule has 7 aromatic rings. The smallest absolute Gasteiger partial charge is 0.0548 e. The van der Waals surface area contributed by atoms with Crippen molar-refractivity contribution < 1.29 is 0 Å². The number of aromatic nitrogens is 3. The van der Waals surface area contributed by atoms with E-state index in [4.69, 9.17) is 0 Å². The number of benzene rings is 4. The van der Waals surface area contributed by atoms with Gasteiger partial charge in [0.25, 0.3) is 0 Å². The lowest BCUT2D eigenvalue weighted by Crippen LogP contribution is -1.94. The molecule has 3 aromatic heterocycles. The summed E-state index contributed by atoms with van der Waals surface area (Å²) in [5.74, 6) is 0. The first kappa shape index (κ1) is 17.3. The molecule has 0 fully saturated rings. The highest BCUT2D eigenvalue weighted by atomic mass is 15.0. The maximum Gasteiger partial charge on any atom is 0.0548 e. The van der Waals surface area contributed by atoms with Gasteiger partial charge in [0.15, 0.2) is 0 Å². The third-order valence-corrected chi connectivity index (χ3v) is 6.40. The zero-order valence-electron chi connectivity index (χ0n) is 17.3. The van der Waals surface area contributed by atoms with Gasteiger partial charge < -0.3 is 9.13 Å². The lowest BCUT2D eigenvalue weighted by molar-refractivity contribution is 1.15. The summed E-state index contributed by atoms with van der Waals surface area (Å²) < 4.78 is 4.73. The van der Waals surface area contributed by atoms with Crippen LogP contribution in [-0.4, -0.2) is 14.1 Å². The van der Waals surface area contributed by atoms with Gasteiger partial charge in [-0.2, -0.15) is 0 Å². The van der Waals surface area contributed by atoms with Crippen molar-refractivity contribution in [2.75, 3.05) is 0 Å². The van der Waals surface area contributed by atoms with Crippen molar-refractivity contribution in [1.29, 1.82) is 0 Å². The third kappa shape index (κ3) is 2.33. The number of fused-ring (bicyclic) bond motifs is 6. The molecule has 150 valence electrons. The Bertz CT molecular complexity index is 1620. The van der Waals surface area contributed by atoms with E-state index >= 15 is 0 Å². The summed E-state index contributed by atoms with van der Waals surface area (Å²) in [7, 11) is 0. The lowest BCUT2D eigenvalue weighted by atomic mass is 10.1. The molecule has 3 heterocycles. The summed E-state index contributed by atoms with van der Waals surface area (Å²) in [6, 6.07) is 36.8. The Morgan fingerprint density at radius 3 is 1.44 bits per heavy atom. The summed E-state index contributed by atoms with van der Waals surface area (Å²) in [5, 5.41) is 5.03. The van der Waals surface area contributed by atoms with Crippen molar-refractivity contribution in [3.63, 3.8) is 0 Å². The number of rotatable bonds is 2. The molecule has 4 aromatic carbocycles. The maximum absolute atomic E-state index is 4.23. The minimum Gasteiger partial charge on any atom is -0.309 e. The first-order chi connectivity index (χ1) is 15.9. The van der Waals surface area contributed by atoms with Gasteiger partial charge in [0.2, 0.25) is 0 Å². The molecule has 7 rings (SSSR count). The molecule has 0 unspecified atom stereocenters. The highest BCUT2D eigenvalue weighted by molar-refractivity contribution is 6.18. The largest absolute Gasteiger partial charge is 0.309 e. The predicted molar refractivity (Wildman–Crippen MR) is 133 cm³/mol. The van der Waals surface area contributed by atoms with Crippen LogP contribution in [0.3, 0.4) is 0 Å². The van der Waals surface area contributed by atoms with Gasteiger partial charge >= 0.3 is 0 Å². The van der Waals surface area contributed by atoms with E-state index in [0.29, 0.717) is 0 Å². The topological polar surface area (TPSA) is 22.8 Å². The van der Waals surface area contributed by atoms with E-state index in [0.717, 1.165) is 5.69 Å². The molecule has 32 heavy (non-hydrogen) atoms. The van der Waals surface area contributed by atoms with Crippen molar-refractivity contribution in [2.45, 2.75) is 0 Å². The minimum atomic E-state index is 1.12. The van der Waals surface area contributed by atoms with Gasteiger partial charge in [-0.25, -0.2) is 0 Å². The number of nitrogens with zero attached hydrogens (tertiary/aromatic N) is 3. The Labute approximate surface area is 184 Å². The first-order valence-corrected chi connectivity index (χ1v) is 10.8. The van der Waals surface area contributed by atoms with Crippen molar-refractivity contribution in [3.8, 4) is 11.4 Å². The van der Waals surface area contributed by atoms with Crippen LogP contribution in [0.4, 0.5) is 0 Å². The highest BCUT2D eigenvalue weighted by Crippen LogP contribution is 2.39. The zero-order valence-corrected chi connectivity index (χ0v) is 17.3. The second-order valence-electron chi connectivity index (χ2n) is 8.13. The van der Waals surface area contributed by atoms with E-state index < -0.39 is 0 Å². The van der Waals surface area contributed by atoms with Crippen molar-refractivity contribution in [2.24, 2.45) is 0 Å². The lowest BCUT2D eigenvalue weighted by Gasteiger charge is -2.09. The van der Waals surface area contributed by atoms with E-state index in [2.05, 4.69) is 117 Å². The van der Waals surface area contributed by atoms with Gasteiger partial charge in [-0.3, -0.25) is 4.98 Å². The molecule has 0 radical (unpaired) electrons. The monoisotopic (exact) mass is 409 g/mol. The van der Waals surface area contributed by atoms with Gasteiger partial charge in [-0.15, -0.1) is 0 Å². The Hall–Kier alpha value is -4.37. The summed E-state index contributed by atoms with van der Waals surface area (Å²) in [6.45, 7) is 0. The van der Waals surface area contributed by atoms with Crippen molar-refractivity contribution >= 4 is 43.6 Å². The van der Waals surface area contributed by atoms with Gasteiger partial charge in [0, 0.05) is 45.3 Å². The molecule has 0 N–H and O–H groups in total. The van der Waals surface area contributed by atoms with E-state index in [1.54, 1.807) is 0 Å². The first-order valence-electron chi connectivity index (χ1n) is 10.8. The van der Waals surface area contributed by atoms with E-state index in [9.17, 15) is 0 Å². The van der Waals surface area contributed by atoms with Gasteiger partial charge in [0.1, 0.15) is 0 Å². The van der Waals surface area contributed by atoms with Crippen LogP contribution in [0.25, 0.3) is 55.0 Å². The van der Waals surface area contributed by atoms with Crippen LogP contribution in [0.2, 0.25) is 0 Å². The molecular formula is C29H19N3. The van der Waals surface area contributed by atoms with Crippen LogP contribution < -0.4 is 0 Å². The standard InChI is InChI=1S/C29H19N3/c1-2-8-20(9-3-1)31-26-12-6-4-10-22(26)24-19-29-25(18-28(24)31)23-11-5-7-13-27(23)32(29)21-14-16-30-17-15-21/h1-19H. The predicted octanol–water partition coefficient (Wildman–Crippen LogP) is 7.28. The molecule has 0 aliphatic carbocycles. The average Bonchev–Trinajstić information content (AvgIpc) is 3.36. The van der Waals surface area contributed by atoms with E-state index in [-0.39, 0.29) is 0 Å². The zero-order chi connectivity index (χ0) is 21.1. The molecule has 0 bridgehead atoms. The van der Waals surface area contributed by atoms with Crippen LogP contribution in [0.1, 0.15) is 0 Å². The average molecular weight is 409 g/mol. The Morgan fingerprint density at radius 1 is 0.406 bits per heavy atom. The molecule has 0 saturated carbocycles. The van der Waals surface area contributed by atoms with Crippen LogP contribution in [0, 0.1) is 0 Å². The Kier molecular flexibility index (Phi) is 3.55. The van der Waals surface area contributed by atoms with Crippen LogP contribution in [0.5, 0.6) is 0 Å². The molecular weight excluding hydrogens is 390 g/mol. The molecule has 3 heteroatoms. The molecule has 0 spiro atoms. The molecule has 0 aliphatic heterocycles. The van der Waals surface area contributed by atoms with Crippen LogP contribution in [-0.2, 0) is 0 Å². The van der Waals surface area contributed by atoms with E-state index in [1.807, 2.05) is 12.4 Å². The fourth-order valence-electron chi connectivity index (χ4n) is 5.06. The summed E-state index contributed by atoms with van der Waals surface area (Å²) >= 11 is 0. The SMILES string of the molecule is c1ccc(-n2c3ccccc3c3cc4c(cc32)c2ccccc2n4-c2ccncc2)cc1. The molecule has 3 nitrogen and oxygen atoms in total. The van der Waals surface area contributed by atoms with Crippen molar-refractivity contribution in [3.05, 3.63) is 116 Å². The third-order valence-electron chi connectivity index (χ3n) is 6.40. The fraction of sp³-hybridized carbons (Fsp3) is 0. The Balaban J connectivity index is 1.71. The molecule has 0 amide bonds. The number of hydrogen-bond donors (Lipinski definition) is 0. The highest BCUT2D eigenvalue weighted by Gasteiger charge is 2.17. The minimum absolute atomic E-state index is 1.12. The number of hydrogen-bond acceptors (Lipinski definition) is 1. The summed E-state index contributed by atoms with van der Waals surface area (Å²) in [4.78, 5) is 4.23. The van der Waals surface area contributed by atoms with Gasteiger partial charge in [0.05, 0.1) is 22.1 Å². The van der Waals surface area contributed by atoms with Crippen molar-refractivity contribution in [1.82, 2.24) is 14.1 Å². The summed E-state index contributed by atoms with van der Waals surface area (Å²) in [6.07, 6.45) is 3.71. The van der Waals surface area contributed by atoms with Crippen LogP contribution in [0.15, 0.2) is 116 Å². The van der Waals surface area contributed by atoms with Crippen LogP contribution >= 0.6 is 0 Å². The fourth-order valence-corrected chi connectivity index (χ4v) is 5.06. The maximum atomic E-state index is 4.23.